The van der Waals surface area contributed by atoms with Gasteiger partial charge < -0.3 is 9.30 Å². The molecule has 140 valence electrons. The number of carbonyl (C=O) groups is 2. The van der Waals surface area contributed by atoms with Gasteiger partial charge in [0.2, 0.25) is 0 Å². The molecule has 0 spiro atoms. The van der Waals surface area contributed by atoms with E-state index in [-0.39, 0.29) is 24.8 Å². The molecule has 0 aliphatic rings. The molecule has 0 saturated heterocycles. The third-order valence-electron chi connectivity index (χ3n) is 4.12. The van der Waals surface area contributed by atoms with Crippen molar-refractivity contribution in [3.05, 3.63) is 62.9 Å². The Balaban J connectivity index is 2.05. The van der Waals surface area contributed by atoms with Crippen LogP contribution in [0.4, 0.5) is 0 Å². The Morgan fingerprint density at radius 1 is 1.19 bits per heavy atom. The Hall–Kier alpha value is -2.44. The zero-order valence-electron chi connectivity index (χ0n) is 15.3. The van der Waals surface area contributed by atoms with Crippen molar-refractivity contribution in [3.8, 4) is 0 Å². The highest BCUT2D eigenvalue weighted by molar-refractivity contribution is 7.16. The van der Waals surface area contributed by atoms with Crippen molar-refractivity contribution in [1.29, 1.82) is 0 Å². The molecular formula is C20H19ClN2O3S. The van der Waals surface area contributed by atoms with Crippen LogP contribution in [0, 0.1) is 13.8 Å². The summed E-state index contributed by atoms with van der Waals surface area (Å²) < 4.78 is 7.55. The minimum atomic E-state index is -0.388. The molecule has 0 saturated carbocycles. The Bertz CT molecular complexity index is 1080. The summed E-state index contributed by atoms with van der Waals surface area (Å²) in [6, 6.07) is 11.2. The molecule has 3 aromatic rings. The van der Waals surface area contributed by atoms with Gasteiger partial charge in [0.15, 0.2) is 4.80 Å². The van der Waals surface area contributed by atoms with Crippen molar-refractivity contribution in [3.63, 3.8) is 0 Å². The molecule has 1 amide bonds. The maximum absolute atomic E-state index is 12.5. The fourth-order valence-electron chi connectivity index (χ4n) is 2.87. The Labute approximate surface area is 165 Å². The first-order chi connectivity index (χ1) is 12.9. The number of hydrogen-bond acceptors (Lipinski definition) is 4. The quantitative estimate of drug-likeness (QED) is 0.623. The number of fused-ring (bicyclic) bond motifs is 1. The summed E-state index contributed by atoms with van der Waals surface area (Å²) in [6.45, 7) is 4.01. The van der Waals surface area contributed by atoms with Crippen molar-refractivity contribution >= 4 is 45.0 Å². The van der Waals surface area contributed by atoms with Crippen LogP contribution < -0.4 is 4.80 Å². The fraction of sp³-hybridized carbons (Fsp3) is 0.250. The summed E-state index contributed by atoms with van der Waals surface area (Å²) in [5.74, 6) is -0.669. The van der Waals surface area contributed by atoms with Gasteiger partial charge in [-0.2, -0.15) is 4.99 Å². The standard InChI is InChI=1S/C20H19ClN2O3S/c1-12-8-13(2)19-16(9-12)23(11-18(25)26-3)20(27-19)22-17(24)10-14-4-6-15(21)7-5-14/h4-9H,10-11H2,1-3H3. The van der Waals surface area contributed by atoms with Gasteiger partial charge in [0, 0.05) is 5.02 Å². The van der Waals surface area contributed by atoms with Crippen LogP contribution in [0.25, 0.3) is 10.2 Å². The highest BCUT2D eigenvalue weighted by atomic mass is 35.5. The lowest BCUT2D eigenvalue weighted by Crippen LogP contribution is -2.22. The molecule has 0 radical (unpaired) electrons. The number of methoxy groups -OCH3 is 1. The van der Waals surface area contributed by atoms with Gasteiger partial charge in [0.25, 0.3) is 5.91 Å². The molecule has 3 rings (SSSR count). The number of benzene rings is 2. The molecule has 1 heterocycles. The monoisotopic (exact) mass is 402 g/mol. The Morgan fingerprint density at radius 2 is 1.89 bits per heavy atom. The van der Waals surface area contributed by atoms with E-state index in [9.17, 15) is 9.59 Å². The molecule has 0 unspecified atom stereocenters. The second-order valence-corrected chi connectivity index (χ2v) is 7.70. The molecule has 0 N–H and O–H groups in total. The van der Waals surface area contributed by atoms with Crippen LogP contribution in [-0.2, 0) is 27.3 Å². The predicted octanol–water partition coefficient (Wildman–Crippen LogP) is 3.82. The van der Waals surface area contributed by atoms with E-state index in [0.29, 0.717) is 9.82 Å². The summed E-state index contributed by atoms with van der Waals surface area (Å²) >= 11 is 7.28. The van der Waals surface area contributed by atoms with E-state index < -0.39 is 0 Å². The molecule has 1 aromatic heterocycles. The summed E-state index contributed by atoms with van der Waals surface area (Å²) in [5, 5.41) is 0.620. The summed E-state index contributed by atoms with van der Waals surface area (Å²) in [7, 11) is 1.34. The van der Waals surface area contributed by atoms with Gasteiger partial charge in [0.05, 0.1) is 23.7 Å². The number of carbonyl (C=O) groups excluding carboxylic acids is 2. The first-order valence-electron chi connectivity index (χ1n) is 8.37. The van der Waals surface area contributed by atoms with E-state index in [1.807, 2.05) is 19.9 Å². The zero-order chi connectivity index (χ0) is 19.6. The van der Waals surface area contributed by atoms with Gasteiger partial charge in [-0.15, -0.1) is 0 Å². The van der Waals surface area contributed by atoms with E-state index in [2.05, 4.69) is 11.1 Å². The van der Waals surface area contributed by atoms with Crippen LogP contribution in [0.2, 0.25) is 5.02 Å². The van der Waals surface area contributed by atoms with E-state index in [4.69, 9.17) is 16.3 Å². The van der Waals surface area contributed by atoms with Crippen LogP contribution in [0.5, 0.6) is 0 Å². The average molecular weight is 403 g/mol. The normalized spacial score (nSPS) is 11.8. The predicted molar refractivity (Wildman–Crippen MR) is 107 cm³/mol. The largest absolute Gasteiger partial charge is 0.468 e. The van der Waals surface area contributed by atoms with Crippen LogP contribution >= 0.6 is 22.9 Å². The van der Waals surface area contributed by atoms with Crippen LogP contribution in [0.3, 0.4) is 0 Å². The number of amides is 1. The summed E-state index contributed by atoms with van der Waals surface area (Å²) in [4.78, 5) is 29.1. The highest BCUT2D eigenvalue weighted by Crippen LogP contribution is 2.23. The number of halogens is 1. The Kier molecular flexibility index (Phi) is 5.77. The lowest BCUT2D eigenvalue weighted by atomic mass is 10.1. The van der Waals surface area contributed by atoms with Crippen LogP contribution in [0.1, 0.15) is 16.7 Å². The topological polar surface area (TPSA) is 60.7 Å². The van der Waals surface area contributed by atoms with Gasteiger partial charge in [-0.25, -0.2) is 0 Å². The molecule has 0 fully saturated rings. The van der Waals surface area contributed by atoms with Crippen molar-refractivity contribution in [2.24, 2.45) is 4.99 Å². The lowest BCUT2D eigenvalue weighted by molar-refractivity contribution is -0.141. The van der Waals surface area contributed by atoms with Gasteiger partial charge in [0.1, 0.15) is 6.54 Å². The third-order valence-corrected chi connectivity index (χ3v) is 5.60. The van der Waals surface area contributed by atoms with Crippen molar-refractivity contribution in [2.75, 3.05) is 7.11 Å². The van der Waals surface area contributed by atoms with Gasteiger partial charge in [-0.1, -0.05) is 41.1 Å². The second-order valence-electron chi connectivity index (χ2n) is 6.29. The van der Waals surface area contributed by atoms with E-state index in [0.717, 1.165) is 26.9 Å². The lowest BCUT2D eigenvalue weighted by Gasteiger charge is -2.05. The molecule has 5 nitrogen and oxygen atoms in total. The number of nitrogens with zero attached hydrogens (tertiary/aromatic N) is 2. The van der Waals surface area contributed by atoms with Crippen molar-refractivity contribution in [2.45, 2.75) is 26.8 Å². The molecule has 0 bridgehead atoms. The number of thiazole rings is 1. The highest BCUT2D eigenvalue weighted by Gasteiger charge is 2.14. The van der Waals surface area contributed by atoms with Gasteiger partial charge in [-0.05, 0) is 48.7 Å². The molecule has 0 aliphatic carbocycles. The summed E-state index contributed by atoms with van der Waals surface area (Å²) in [5.41, 5.74) is 3.87. The summed E-state index contributed by atoms with van der Waals surface area (Å²) in [6.07, 6.45) is 0.168. The van der Waals surface area contributed by atoms with Crippen molar-refractivity contribution in [1.82, 2.24) is 4.57 Å². The van der Waals surface area contributed by atoms with E-state index >= 15 is 0 Å². The molecular weight excluding hydrogens is 384 g/mol. The zero-order valence-corrected chi connectivity index (χ0v) is 16.9. The number of aromatic nitrogens is 1. The maximum atomic E-state index is 12.5. The number of ether oxygens (including phenoxy) is 1. The van der Waals surface area contributed by atoms with Gasteiger partial charge in [-0.3, -0.25) is 9.59 Å². The number of hydrogen-bond donors (Lipinski definition) is 0. The maximum Gasteiger partial charge on any atom is 0.325 e. The average Bonchev–Trinajstić information content (AvgIpc) is 2.94. The first kappa shape index (κ1) is 19.3. The SMILES string of the molecule is COC(=O)Cn1c(=NC(=O)Cc2ccc(Cl)cc2)sc2c(C)cc(C)cc21. The minimum Gasteiger partial charge on any atom is -0.468 e. The molecule has 2 aromatic carbocycles. The van der Waals surface area contributed by atoms with Crippen LogP contribution in [-0.4, -0.2) is 23.6 Å². The molecule has 27 heavy (non-hydrogen) atoms. The van der Waals surface area contributed by atoms with Gasteiger partial charge >= 0.3 is 5.97 Å². The number of rotatable bonds is 4. The minimum absolute atomic E-state index is 0.00640. The van der Waals surface area contributed by atoms with E-state index in [1.54, 1.807) is 28.8 Å². The Morgan fingerprint density at radius 3 is 2.56 bits per heavy atom. The first-order valence-corrected chi connectivity index (χ1v) is 9.56. The third kappa shape index (κ3) is 4.46. The number of esters is 1. The fourth-order valence-corrected chi connectivity index (χ4v) is 4.09. The smallest absolute Gasteiger partial charge is 0.325 e. The molecule has 0 aliphatic heterocycles. The molecule has 7 heteroatoms. The number of aryl methyl sites for hydroxylation is 2. The van der Waals surface area contributed by atoms with E-state index in [1.165, 1.54) is 18.4 Å². The second kappa shape index (κ2) is 8.06. The van der Waals surface area contributed by atoms with Crippen molar-refractivity contribution < 1.29 is 14.3 Å². The molecule has 0 atom stereocenters. The van der Waals surface area contributed by atoms with Crippen LogP contribution in [0.15, 0.2) is 41.4 Å².